The standard InChI is InChI=1S/C11H15NO4S2/c1-11(5-2-6-17-11)8-12-18(14,15)10-4-3-9(7-13)16-10/h3-4,7,12H,2,5-6,8H2,1H3. The van der Waals surface area contributed by atoms with Crippen LogP contribution in [0.25, 0.3) is 0 Å². The third-order valence-electron chi connectivity index (χ3n) is 2.92. The second kappa shape index (κ2) is 5.07. The zero-order valence-electron chi connectivity index (χ0n) is 10.0. The first-order valence-electron chi connectivity index (χ1n) is 5.64. The predicted octanol–water partition coefficient (Wildman–Crippen LogP) is 1.66. The molecule has 1 aliphatic heterocycles. The molecule has 1 atom stereocenters. The van der Waals surface area contributed by atoms with E-state index in [1.165, 1.54) is 12.1 Å². The summed E-state index contributed by atoms with van der Waals surface area (Å²) in [6.45, 7) is 2.42. The van der Waals surface area contributed by atoms with Crippen molar-refractivity contribution in [1.29, 1.82) is 0 Å². The molecule has 1 fully saturated rings. The fourth-order valence-electron chi connectivity index (χ4n) is 1.84. The molecular weight excluding hydrogens is 274 g/mol. The zero-order chi connectivity index (χ0) is 13.2. The van der Waals surface area contributed by atoms with E-state index in [4.69, 9.17) is 4.42 Å². The molecule has 1 aromatic heterocycles. The average molecular weight is 289 g/mol. The van der Waals surface area contributed by atoms with Crippen LogP contribution in [0.3, 0.4) is 0 Å². The Labute approximate surface area is 110 Å². The van der Waals surface area contributed by atoms with E-state index in [-0.39, 0.29) is 15.6 Å². The van der Waals surface area contributed by atoms with Crippen LogP contribution < -0.4 is 4.72 Å². The molecule has 0 saturated carbocycles. The molecule has 0 bridgehead atoms. The number of sulfonamides is 1. The lowest BCUT2D eigenvalue weighted by molar-refractivity contribution is 0.109. The Morgan fingerprint density at radius 3 is 2.89 bits per heavy atom. The van der Waals surface area contributed by atoms with E-state index in [1.54, 1.807) is 11.8 Å². The van der Waals surface area contributed by atoms with Crippen LogP contribution in [0.2, 0.25) is 0 Å². The summed E-state index contributed by atoms with van der Waals surface area (Å²) in [6.07, 6.45) is 2.59. The molecule has 1 saturated heterocycles. The Hall–Kier alpha value is -0.790. The van der Waals surface area contributed by atoms with Gasteiger partial charge in [0.05, 0.1) is 0 Å². The number of carbonyl (C=O) groups excluding carboxylic acids is 1. The molecule has 100 valence electrons. The van der Waals surface area contributed by atoms with Crippen molar-refractivity contribution < 1.29 is 17.6 Å². The van der Waals surface area contributed by atoms with Crippen LogP contribution in [0.4, 0.5) is 0 Å². The number of furan rings is 1. The highest BCUT2D eigenvalue weighted by Gasteiger charge is 2.31. The van der Waals surface area contributed by atoms with Gasteiger partial charge in [0.25, 0.3) is 10.0 Å². The number of hydrogen-bond donors (Lipinski definition) is 1. The lowest BCUT2D eigenvalue weighted by Crippen LogP contribution is -2.36. The molecular formula is C11H15NO4S2. The fourth-order valence-corrected chi connectivity index (χ4v) is 4.28. The lowest BCUT2D eigenvalue weighted by atomic mass is 10.1. The van der Waals surface area contributed by atoms with Gasteiger partial charge in [0.1, 0.15) is 0 Å². The molecule has 0 spiro atoms. The van der Waals surface area contributed by atoms with Gasteiger partial charge in [-0.15, -0.1) is 0 Å². The van der Waals surface area contributed by atoms with Crippen LogP contribution >= 0.6 is 11.8 Å². The Balaban J connectivity index is 2.05. The Bertz CT molecular complexity index is 529. The quantitative estimate of drug-likeness (QED) is 0.834. The molecule has 1 unspecified atom stereocenters. The molecule has 2 rings (SSSR count). The van der Waals surface area contributed by atoms with Crippen molar-refractivity contribution in [3.63, 3.8) is 0 Å². The molecule has 1 aliphatic rings. The molecule has 1 N–H and O–H groups in total. The molecule has 5 nitrogen and oxygen atoms in total. The number of rotatable bonds is 5. The first-order valence-corrected chi connectivity index (χ1v) is 8.11. The number of thioether (sulfide) groups is 1. The number of aldehydes is 1. The van der Waals surface area contributed by atoms with Gasteiger partial charge in [-0.1, -0.05) is 0 Å². The summed E-state index contributed by atoms with van der Waals surface area (Å²) in [6, 6.07) is 2.63. The normalized spacial score (nSPS) is 24.3. The van der Waals surface area contributed by atoms with E-state index >= 15 is 0 Å². The molecule has 1 aromatic rings. The van der Waals surface area contributed by atoms with Crippen LogP contribution in [-0.2, 0) is 10.0 Å². The first-order chi connectivity index (χ1) is 8.45. The summed E-state index contributed by atoms with van der Waals surface area (Å²) in [5.41, 5.74) is 0. The highest BCUT2D eigenvalue weighted by atomic mass is 32.2. The second-order valence-electron chi connectivity index (χ2n) is 4.50. The molecule has 0 radical (unpaired) electrons. The summed E-state index contributed by atoms with van der Waals surface area (Å²) < 4.78 is 31.3. The smallest absolute Gasteiger partial charge is 0.274 e. The van der Waals surface area contributed by atoms with E-state index < -0.39 is 10.0 Å². The van der Waals surface area contributed by atoms with Crippen molar-refractivity contribution in [2.75, 3.05) is 12.3 Å². The van der Waals surface area contributed by atoms with Gasteiger partial charge in [-0.3, -0.25) is 4.79 Å². The van der Waals surface area contributed by atoms with Crippen molar-refractivity contribution in [3.8, 4) is 0 Å². The van der Waals surface area contributed by atoms with Gasteiger partial charge in [-0.05, 0) is 37.7 Å². The van der Waals surface area contributed by atoms with Gasteiger partial charge >= 0.3 is 0 Å². The van der Waals surface area contributed by atoms with E-state index in [2.05, 4.69) is 4.72 Å². The minimum atomic E-state index is -3.66. The number of nitrogens with one attached hydrogen (secondary N) is 1. The maximum Gasteiger partial charge on any atom is 0.274 e. The van der Waals surface area contributed by atoms with E-state index in [1.807, 2.05) is 6.92 Å². The molecule has 0 aromatic carbocycles. The minimum Gasteiger partial charge on any atom is -0.440 e. The van der Waals surface area contributed by atoms with Gasteiger partial charge in [-0.25, -0.2) is 13.1 Å². The Morgan fingerprint density at radius 2 is 2.33 bits per heavy atom. The molecule has 18 heavy (non-hydrogen) atoms. The minimum absolute atomic E-state index is 0.0110. The molecule has 7 heteroatoms. The van der Waals surface area contributed by atoms with Gasteiger partial charge in [-0.2, -0.15) is 11.8 Å². The van der Waals surface area contributed by atoms with Crippen LogP contribution in [0.1, 0.15) is 30.3 Å². The molecule has 0 aliphatic carbocycles. The second-order valence-corrected chi connectivity index (χ2v) is 7.88. The summed E-state index contributed by atoms with van der Waals surface area (Å²) in [5.74, 6) is 1.07. The van der Waals surface area contributed by atoms with Crippen molar-refractivity contribution in [1.82, 2.24) is 4.72 Å². The van der Waals surface area contributed by atoms with Crippen LogP contribution in [-0.4, -0.2) is 31.7 Å². The van der Waals surface area contributed by atoms with Gasteiger partial charge in [0, 0.05) is 11.3 Å². The van der Waals surface area contributed by atoms with Gasteiger partial charge in [0.2, 0.25) is 5.09 Å². The Kier molecular flexibility index (Phi) is 3.84. The van der Waals surface area contributed by atoms with E-state index in [9.17, 15) is 13.2 Å². The van der Waals surface area contributed by atoms with Crippen molar-refractivity contribution in [3.05, 3.63) is 17.9 Å². The molecule has 2 heterocycles. The maximum atomic E-state index is 11.9. The third kappa shape index (κ3) is 2.96. The van der Waals surface area contributed by atoms with Gasteiger partial charge in [0.15, 0.2) is 12.0 Å². The zero-order valence-corrected chi connectivity index (χ0v) is 11.6. The summed E-state index contributed by atoms with van der Waals surface area (Å²) in [7, 11) is -3.66. The van der Waals surface area contributed by atoms with E-state index in [0.717, 1.165) is 18.6 Å². The van der Waals surface area contributed by atoms with E-state index in [0.29, 0.717) is 12.8 Å². The van der Waals surface area contributed by atoms with Crippen molar-refractivity contribution >= 4 is 28.1 Å². The lowest BCUT2D eigenvalue weighted by Gasteiger charge is -2.22. The fraction of sp³-hybridized carbons (Fsp3) is 0.545. The maximum absolute atomic E-state index is 11.9. The summed E-state index contributed by atoms with van der Waals surface area (Å²) in [5, 5.41) is -0.212. The highest BCUT2D eigenvalue weighted by molar-refractivity contribution is 8.01. The van der Waals surface area contributed by atoms with Gasteiger partial charge < -0.3 is 4.42 Å². The molecule has 0 amide bonds. The predicted molar refractivity (Wildman–Crippen MR) is 69.4 cm³/mol. The topological polar surface area (TPSA) is 76.4 Å². The third-order valence-corrected chi connectivity index (χ3v) is 5.73. The van der Waals surface area contributed by atoms with Crippen molar-refractivity contribution in [2.45, 2.75) is 29.6 Å². The van der Waals surface area contributed by atoms with Crippen LogP contribution in [0.15, 0.2) is 21.6 Å². The van der Waals surface area contributed by atoms with Crippen LogP contribution in [0.5, 0.6) is 0 Å². The summed E-state index contributed by atoms with van der Waals surface area (Å²) in [4.78, 5) is 10.5. The SMILES string of the molecule is CC1(CNS(=O)(=O)c2ccc(C=O)o2)CCCS1. The van der Waals surface area contributed by atoms with Crippen molar-refractivity contribution in [2.24, 2.45) is 0 Å². The summed E-state index contributed by atoms with van der Waals surface area (Å²) >= 11 is 1.78. The Morgan fingerprint density at radius 1 is 1.56 bits per heavy atom. The monoisotopic (exact) mass is 289 g/mol. The number of hydrogen-bond acceptors (Lipinski definition) is 5. The first kappa shape index (κ1) is 13.6. The van der Waals surface area contributed by atoms with Crippen LogP contribution in [0, 0.1) is 0 Å². The largest absolute Gasteiger partial charge is 0.440 e. The number of carbonyl (C=O) groups is 1. The average Bonchev–Trinajstić information content (AvgIpc) is 2.96. The highest BCUT2D eigenvalue weighted by Crippen LogP contribution is 2.37.